The number of aromatic nitrogens is 2. The Morgan fingerprint density at radius 2 is 2.05 bits per heavy atom. The first-order chi connectivity index (χ1) is 20.8. The van der Waals surface area contributed by atoms with E-state index >= 15 is 4.39 Å². The molecule has 2 aromatic carbocycles. The number of ether oxygens (including phenoxy) is 1. The minimum absolute atomic E-state index is 0.0692. The van der Waals surface area contributed by atoms with E-state index in [1.54, 1.807) is 18.2 Å². The van der Waals surface area contributed by atoms with Crippen molar-refractivity contribution in [3.63, 3.8) is 0 Å². The molecule has 0 spiro atoms. The lowest BCUT2D eigenvalue weighted by Gasteiger charge is -2.34. The summed E-state index contributed by atoms with van der Waals surface area (Å²) in [5.74, 6) is -0.0300. The van der Waals surface area contributed by atoms with Gasteiger partial charge in [-0.05, 0) is 49.9 Å². The molecular formula is C31H30ClF2N7OS. The Morgan fingerprint density at radius 3 is 2.84 bits per heavy atom. The van der Waals surface area contributed by atoms with Crippen molar-refractivity contribution >= 4 is 54.7 Å². The second-order valence-corrected chi connectivity index (χ2v) is 13.8. The zero-order valence-electron chi connectivity index (χ0n) is 23.4. The number of nitrogen functional groups attached to an aromatic ring is 1. The predicted molar refractivity (Wildman–Crippen MR) is 165 cm³/mol. The first-order valence-corrected chi connectivity index (χ1v) is 16.0. The molecule has 4 aliphatic heterocycles. The number of piperazine rings is 1. The highest BCUT2D eigenvalue weighted by Crippen LogP contribution is 2.45. The largest absolute Gasteiger partial charge is 0.461 e. The number of halogens is 3. The van der Waals surface area contributed by atoms with E-state index in [9.17, 15) is 9.65 Å². The van der Waals surface area contributed by atoms with Gasteiger partial charge in [0.15, 0.2) is 5.82 Å². The van der Waals surface area contributed by atoms with Crippen LogP contribution in [0.25, 0.3) is 32.1 Å². The van der Waals surface area contributed by atoms with E-state index < -0.39 is 17.5 Å². The maximum atomic E-state index is 16.9. The fraction of sp³-hybridized carbons (Fsp3) is 0.452. The number of alkyl halides is 1. The summed E-state index contributed by atoms with van der Waals surface area (Å²) in [7, 11) is 0. The van der Waals surface area contributed by atoms with E-state index in [1.807, 2.05) is 6.07 Å². The van der Waals surface area contributed by atoms with Crippen molar-refractivity contribution in [2.24, 2.45) is 0 Å². The lowest BCUT2D eigenvalue weighted by atomic mass is 9.95. The molecule has 6 heterocycles. The first-order valence-electron chi connectivity index (χ1n) is 14.8. The van der Waals surface area contributed by atoms with Crippen molar-refractivity contribution in [3.05, 3.63) is 40.7 Å². The highest BCUT2D eigenvalue weighted by molar-refractivity contribution is 7.23. The molecule has 8 rings (SSSR count). The Morgan fingerprint density at radius 1 is 1.23 bits per heavy atom. The molecule has 0 amide bonds. The van der Waals surface area contributed by atoms with Gasteiger partial charge in [-0.2, -0.15) is 15.2 Å². The van der Waals surface area contributed by atoms with Crippen LogP contribution in [-0.2, 0) is 0 Å². The lowest BCUT2D eigenvalue weighted by molar-refractivity contribution is 0.107. The maximum absolute atomic E-state index is 16.9. The Balaban J connectivity index is 1.28. The maximum Gasteiger partial charge on any atom is 0.319 e. The van der Waals surface area contributed by atoms with Gasteiger partial charge in [0, 0.05) is 59.2 Å². The quantitative estimate of drug-likeness (QED) is 0.295. The molecule has 2 unspecified atom stereocenters. The van der Waals surface area contributed by atoms with Crippen molar-refractivity contribution in [2.45, 2.75) is 55.9 Å². The smallest absolute Gasteiger partial charge is 0.319 e. The van der Waals surface area contributed by atoms with Gasteiger partial charge in [-0.1, -0.05) is 23.7 Å². The fourth-order valence-corrected chi connectivity index (χ4v) is 9.06. The Kier molecular flexibility index (Phi) is 6.42. The van der Waals surface area contributed by atoms with Crippen LogP contribution >= 0.6 is 22.9 Å². The van der Waals surface area contributed by atoms with Crippen molar-refractivity contribution in [1.29, 1.82) is 5.26 Å². The minimum atomic E-state index is -0.886. The lowest BCUT2D eigenvalue weighted by Crippen LogP contribution is -2.51. The van der Waals surface area contributed by atoms with Crippen LogP contribution < -0.4 is 20.7 Å². The summed E-state index contributed by atoms with van der Waals surface area (Å²) in [5, 5.41) is 15.1. The zero-order valence-corrected chi connectivity index (χ0v) is 24.9. The van der Waals surface area contributed by atoms with E-state index in [4.69, 9.17) is 27.1 Å². The van der Waals surface area contributed by atoms with Gasteiger partial charge in [0.25, 0.3) is 0 Å². The van der Waals surface area contributed by atoms with Gasteiger partial charge in [0.05, 0.1) is 16.1 Å². The zero-order chi connectivity index (χ0) is 29.5. The first kappa shape index (κ1) is 27.3. The fourth-order valence-electron chi connectivity index (χ4n) is 7.82. The molecule has 2 bridgehead atoms. The van der Waals surface area contributed by atoms with Crippen LogP contribution in [0.15, 0.2) is 24.3 Å². The summed E-state index contributed by atoms with van der Waals surface area (Å²) in [6.45, 7) is 2.95. The molecule has 8 nitrogen and oxygen atoms in total. The number of nitrogens with one attached hydrogen (secondary N) is 1. The molecule has 4 fully saturated rings. The second kappa shape index (κ2) is 10.1. The molecule has 0 radical (unpaired) electrons. The van der Waals surface area contributed by atoms with E-state index in [1.165, 1.54) is 11.3 Å². The number of hydrogen-bond donors (Lipinski definition) is 2. The van der Waals surface area contributed by atoms with Crippen LogP contribution in [0.2, 0.25) is 5.02 Å². The topological polar surface area (TPSA) is 103 Å². The molecule has 43 heavy (non-hydrogen) atoms. The Labute approximate surface area is 256 Å². The third-order valence-electron chi connectivity index (χ3n) is 9.71. The number of thiophene rings is 1. The van der Waals surface area contributed by atoms with Crippen LogP contribution in [0.1, 0.15) is 37.7 Å². The molecule has 4 aliphatic rings. The van der Waals surface area contributed by atoms with Gasteiger partial charge < -0.3 is 20.7 Å². The van der Waals surface area contributed by atoms with E-state index in [0.29, 0.717) is 57.8 Å². The monoisotopic (exact) mass is 621 g/mol. The number of anilines is 2. The van der Waals surface area contributed by atoms with Crippen LogP contribution in [0, 0.1) is 17.1 Å². The molecule has 0 saturated carbocycles. The number of nitriles is 1. The van der Waals surface area contributed by atoms with Gasteiger partial charge in [-0.25, -0.2) is 8.78 Å². The molecule has 3 N–H and O–H groups in total. The van der Waals surface area contributed by atoms with Crippen LogP contribution in [0.5, 0.6) is 6.01 Å². The van der Waals surface area contributed by atoms with Crippen molar-refractivity contribution < 1.29 is 13.5 Å². The van der Waals surface area contributed by atoms with Crippen LogP contribution in [-0.4, -0.2) is 71.4 Å². The van der Waals surface area contributed by atoms with Gasteiger partial charge in [-0.3, -0.25) is 4.90 Å². The Hall–Kier alpha value is -3.30. The molecule has 4 atom stereocenters. The molecular weight excluding hydrogens is 592 g/mol. The normalized spacial score (nSPS) is 26.8. The summed E-state index contributed by atoms with van der Waals surface area (Å²) in [6.07, 6.45) is 3.51. The average Bonchev–Trinajstić information content (AvgIpc) is 3.71. The predicted octanol–water partition coefficient (Wildman–Crippen LogP) is 5.65. The molecule has 4 saturated heterocycles. The standard InChI is InChI=1S/C31H30ClF2N7OS/c32-22-9-20-27(26(34)25(22)19-3-1-4-23-24(19)21(11-35)28(36)43-23)38-30(39-29(20)40-13-17-5-6-18(14-40)37-17)42-15-31-7-2-8-41(31)12-16(33)10-31/h1,3-4,9,16-18,37H,2,5-8,10,12-15,36H2/t16-,17?,18?,31+/m1/s1. The molecule has 4 aromatic rings. The molecule has 222 valence electrons. The Bertz CT molecular complexity index is 1820. The summed E-state index contributed by atoms with van der Waals surface area (Å²) in [5.41, 5.74) is 6.80. The minimum Gasteiger partial charge on any atom is -0.461 e. The van der Waals surface area contributed by atoms with Crippen LogP contribution in [0.3, 0.4) is 0 Å². The van der Waals surface area contributed by atoms with Gasteiger partial charge >= 0.3 is 6.01 Å². The van der Waals surface area contributed by atoms with Crippen molar-refractivity contribution in [1.82, 2.24) is 20.2 Å². The van der Waals surface area contributed by atoms with E-state index in [0.717, 1.165) is 50.0 Å². The number of nitrogens with zero attached hydrogens (tertiary/aromatic N) is 5. The third-order valence-corrected chi connectivity index (χ3v) is 11.0. The number of rotatable bonds is 5. The van der Waals surface area contributed by atoms with Gasteiger partial charge in [0.2, 0.25) is 0 Å². The highest BCUT2D eigenvalue weighted by atomic mass is 35.5. The summed E-state index contributed by atoms with van der Waals surface area (Å²) in [4.78, 5) is 13.8. The molecule has 2 aromatic heterocycles. The number of nitrogens with two attached hydrogens (primary N) is 1. The average molecular weight is 622 g/mol. The van der Waals surface area contributed by atoms with Crippen molar-refractivity contribution in [2.75, 3.05) is 43.4 Å². The van der Waals surface area contributed by atoms with E-state index in [2.05, 4.69) is 26.2 Å². The van der Waals surface area contributed by atoms with Crippen LogP contribution in [0.4, 0.5) is 19.6 Å². The summed E-state index contributed by atoms with van der Waals surface area (Å²) < 4.78 is 38.3. The summed E-state index contributed by atoms with van der Waals surface area (Å²) >= 11 is 8.16. The molecule has 12 heteroatoms. The molecule has 0 aliphatic carbocycles. The van der Waals surface area contributed by atoms with Gasteiger partial charge in [-0.15, -0.1) is 11.3 Å². The van der Waals surface area contributed by atoms with Gasteiger partial charge in [0.1, 0.15) is 35.2 Å². The number of hydrogen-bond acceptors (Lipinski definition) is 9. The number of benzene rings is 2. The summed E-state index contributed by atoms with van der Waals surface area (Å²) in [6, 6.07) is 10.0. The van der Waals surface area contributed by atoms with Crippen molar-refractivity contribution in [3.8, 4) is 23.2 Å². The highest BCUT2D eigenvalue weighted by Gasteiger charge is 2.49. The number of fused-ring (bicyclic) bond motifs is 5. The second-order valence-electron chi connectivity index (χ2n) is 12.3. The van der Waals surface area contributed by atoms with E-state index in [-0.39, 0.29) is 28.7 Å². The third kappa shape index (κ3) is 4.33. The SMILES string of the molecule is N#Cc1c(N)sc2cccc(-c3c(Cl)cc4c(N5CC6CCC(C5)N6)nc(OC[C@@]56CCCN5C[C@H](F)C6)nc4c3F)c12.